The first-order valence-electron chi connectivity index (χ1n) is 7.58. The molecule has 0 amide bonds. The zero-order chi connectivity index (χ0) is 18.7. The lowest BCUT2D eigenvalue weighted by Crippen LogP contribution is -2.03. The van der Waals surface area contributed by atoms with Crippen molar-refractivity contribution >= 4 is 52.3 Å². The van der Waals surface area contributed by atoms with E-state index in [4.69, 9.17) is 28.3 Å². The van der Waals surface area contributed by atoms with E-state index in [1.165, 1.54) is 12.1 Å². The maximum Gasteiger partial charge on any atom is 0.335 e. The number of rotatable bonds is 5. The standard InChI is InChI=1S/C18H14Cl2N4O2/c1-10-5-16(22-14-4-2-3-11(6-14)17(25)26)24-18(21-10)23-15-8-12(19)7-13(20)9-15/h2-9H,1H3,(H,25,26)(H2,21,22,23,24). The summed E-state index contributed by atoms with van der Waals surface area (Å²) in [4.78, 5) is 19.8. The van der Waals surface area contributed by atoms with Crippen molar-refractivity contribution < 1.29 is 9.90 Å². The van der Waals surface area contributed by atoms with Gasteiger partial charge in [-0.15, -0.1) is 0 Å². The normalized spacial score (nSPS) is 10.4. The van der Waals surface area contributed by atoms with Gasteiger partial charge in [-0.3, -0.25) is 0 Å². The minimum atomic E-state index is -0.993. The smallest absolute Gasteiger partial charge is 0.335 e. The van der Waals surface area contributed by atoms with Gasteiger partial charge in [0.1, 0.15) is 5.82 Å². The molecule has 132 valence electrons. The topological polar surface area (TPSA) is 87.1 Å². The number of aryl methyl sites for hydroxylation is 1. The zero-order valence-electron chi connectivity index (χ0n) is 13.6. The van der Waals surface area contributed by atoms with Crippen LogP contribution in [0.25, 0.3) is 0 Å². The second-order valence-electron chi connectivity index (χ2n) is 5.51. The summed E-state index contributed by atoms with van der Waals surface area (Å²) in [6, 6.07) is 13.3. The number of benzene rings is 2. The first kappa shape index (κ1) is 18.0. The number of aromatic nitrogens is 2. The van der Waals surface area contributed by atoms with Gasteiger partial charge in [-0.1, -0.05) is 29.3 Å². The molecule has 26 heavy (non-hydrogen) atoms. The molecule has 6 nitrogen and oxygen atoms in total. The van der Waals surface area contributed by atoms with E-state index < -0.39 is 5.97 Å². The van der Waals surface area contributed by atoms with E-state index in [-0.39, 0.29) is 5.56 Å². The van der Waals surface area contributed by atoms with E-state index in [2.05, 4.69) is 20.6 Å². The third-order valence-corrected chi connectivity index (χ3v) is 3.79. The number of nitrogens with one attached hydrogen (secondary N) is 2. The van der Waals surface area contributed by atoms with E-state index in [0.29, 0.717) is 33.2 Å². The third-order valence-electron chi connectivity index (χ3n) is 3.35. The minimum Gasteiger partial charge on any atom is -0.478 e. The van der Waals surface area contributed by atoms with Crippen LogP contribution in [0.5, 0.6) is 0 Å². The predicted octanol–water partition coefficient (Wildman–Crippen LogP) is 5.28. The van der Waals surface area contributed by atoms with Crippen LogP contribution in [0.2, 0.25) is 10.0 Å². The molecule has 0 aliphatic carbocycles. The maximum atomic E-state index is 11.1. The van der Waals surface area contributed by atoms with E-state index >= 15 is 0 Å². The largest absolute Gasteiger partial charge is 0.478 e. The van der Waals surface area contributed by atoms with E-state index in [1.54, 1.807) is 36.4 Å². The summed E-state index contributed by atoms with van der Waals surface area (Å²) in [7, 11) is 0. The highest BCUT2D eigenvalue weighted by molar-refractivity contribution is 6.35. The molecule has 8 heteroatoms. The van der Waals surface area contributed by atoms with Crippen LogP contribution in [-0.4, -0.2) is 21.0 Å². The Morgan fingerprint density at radius 1 is 0.962 bits per heavy atom. The monoisotopic (exact) mass is 388 g/mol. The van der Waals surface area contributed by atoms with E-state index in [1.807, 2.05) is 6.92 Å². The molecular formula is C18H14Cl2N4O2. The van der Waals surface area contributed by atoms with Gasteiger partial charge in [0.05, 0.1) is 5.56 Å². The molecule has 3 N–H and O–H groups in total. The molecule has 2 aromatic carbocycles. The van der Waals surface area contributed by atoms with Crippen LogP contribution in [0.1, 0.15) is 16.1 Å². The summed E-state index contributed by atoms with van der Waals surface area (Å²) in [5.74, 6) is -0.108. The quantitative estimate of drug-likeness (QED) is 0.551. The van der Waals surface area contributed by atoms with Crippen LogP contribution in [0.3, 0.4) is 0 Å². The molecule has 3 aromatic rings. The van der Waals surface area contributed by atoms with Gasteiger partial charge in [-0.2, -0.15) is 4.98 Å². The molecule has 1 aromatic heterocycles. The number of anilines is 4. The Morgan fingerprint density at radius 2 is 1.69 bits per heavy atom. The van der Waals surface area contributed by atoms with Crippen molar-refractivity contribution in [2.75, 3.05) is 10.6 Å². The van der Waals surface area contributed by atoms with Gasteiger partial charge in [0.25, 0.3) is 0 Å². The van der Waals surface area contributed by atoms with Gasteiger partial charge < -0.3 is 15.7 Å². The van der Waals surface area contributed by atoms with Crippen LogP contribution in [0, 0.1) is 6.92 Å². The first-order chi connectivity index (χ1) is 12.4. The molecule has 0 atom stereocenters. The summed E-state index contributed by atoms with van der Waals surface area (Å²) in [6.07, 6.45) is 0. The molecular weight excluding hydrogens is 375 g/mol. The fourth-order valence-corrected chi connectivity index (χ4v) is 2.85. The highest BCUT2D eigenvalue weighted by atomic mass is 35.5. The molecule has 1 heterocycles. The van der Waals surface area contributed by atoms with Gasteiger partial charge in [-0.05, 0) is 43.3 Å². The summed E-state index contributed by atoms with van der Waals surface area (Å²) in [5.41, 5.74) is 2.19. The second kappa shape index (κ2) is 7.59. The highest BCUT2D eigenvalue weighted by Crippen LogP contribution is 2.25. The molecule has 0 bridgehead atoms. The molecule has 0 unspecified atom stereocenters. The fourth-order valence-electron chi connectivity index (χ4n) is 2.32. The van der Waals surface area contributed by atoms with E-state index in [0.717, 1.165) is 5.69 Å². The summed E-state index contributed by atoms with van der Waals surface area (Å²) >= 11 is 12.0. The Kier molecular flexibility index (Phi) is 5.25. The molecule has 0 radical (unpaired) electrons. The molecule has 0 spiro atoms. The van der Waals surface area contributed by atoms with Crippen LogP contribution in [-0.2, 0) is 0 Å². The number of hydrogen-bond donors (Lipinski definition) is 3. The van der Waals surface area contributed by atoms with Crippen molar-refractivity contribution in [1.82, 2.24) is 9.97 Å². The second-order valence-corrected chi connectivity index (χ2v) is 6.39. The summed E-state index contributed by atoms with van der Waals surface area (Å²) in [5, 5.41) is 16.2. The lowest BCUT2D eigenvalue weighted by atomic mass is 10.2. The average Bonchev–Trinajstić information content (AvgIpc) is 2.53. The number of carboxylic acid groups (broad SMARTS) is 1. The van der Waals surface area contributed by atoms with Gasteiger partial charge in [0.2, 0.25) is 5.95 Å². The Labute approximate surface area is 159 Å². The van der Waals surface area contributed by atoms with Crippen molar-refractivity contribution in [3.05, 3.63) is 69.8 Å². The molecule has 3 rings (SSSR count). The Hall–Kier alpha value is -2.83. The van der Waals surface area contributed by atoms with Crippen LogP contribution >= 0.6 is 23.2 Å². The molecule has 0 aliphatic heterocycles. The van der Waals surface area contributed by atoms with Crippen molar-refractivity contribution in [3.63, 3.8) is 0 Å². The lowest BCUT2D eigenvalue weighted by Gasteiger charge is -2.11. The fraction of sp³-hybridized carbons (Fsp3) is 0.0556. The highest BCUT2D eigenvalue weighted by Gasteiger charge is 2.07. The third kappa shape index (κ3) is 4.62. The Bertz CT molecular complexity index is 959. The lowest BCUT2D eigenvalue weighted by molar-refractivity contribution is 0.0697. The number of aromatic carboxylic acids is 1. The SMILES string of the molecule is Cc1cc(Nc2cccc(C(=O)O)c2)nc(Nc2cc(Cl)cc(Cl)c2)n1. The molecule has 0 fully saturated rings. The van der Waals surface area contributed by atoms with Crippen LogP contribution < -0.4 is 10.6 Å². The zero-order valence-corrected chi connectivity index (χ0v) is 15.1. The maximum absolute atomic E-state index is 11.1. The summed E-state index contributed by atoms with van der Waals surface area (Å²) < 4.78 is 0. The summed E-state index contributed by atoms with van der Waals surface area (Å²) in [6.45, 7) is 1.83. The Morgan fingerprint density at radius 3 is 2.38 bits per heavy atom. The number of nitrogens with zero attached hydrogens (tertiary/aromatic N) is 2. The molecule has 0 saturated heterocycles. The predicted molar refractivity (Wildman–Crippen MR) is 103 cm³/mol. The number of carboxylic acids is 1. The molecule has 0 aliphatic rings. The molecule has 0 saturated carbocycles. The van der Waals surface area contributed by atoms with Gasteiger partial charge >= 0.3 is 5.97 Å². The first-order valence-corrected chi connectivity index (χ1v) is 8.34. The van der Waals surface area contributed by atoms with Gasteiger partial charge in [0, 0.05) is 33.2 Å². The Balaban J connectivity index is 1.85. The van der Waals surface area contributed by atoms with Crippen molar-refractivity contribution in [2.45, 2.75) is 6.92 Å². The minimum absolute atomic E-state index is 0.188. The van der Waals surface area contributed by atoms with Crippen molar-refractivity contribution in [1.29, 1.82) is 0 Å². The van der Waals surface area contributed by atoms with E-state index in [9.17, 15) is 4.79 Å². The van der Waals surface area contributed by atoms with Gasteiger partial charge in [0.15, 0.2) is 0 Å². The van der Waals surface area contributed by atoms with Gasteiger partial charge in [-0.25, -0.2) is 9.78 Å². The average molecular weight is 389 g/mol. The number of halogens is 2. The van der Waals surface area contributed by atoms with Crippen LogP contribution in [0.15, 0.2) is 48.5 Å². The number of carbonyl (C=O) groups is 1. The van der Waals surface area contributed by atoms with Crippen LogP contribution in [0.4, 0.5) is 23.1 Å². The van der Waals surface area contributed by atoms with Crippen molar-refractivity contribution in [3.8, 4) is 0 Å². The number of hydrogen-bond acceptors (Lipinski definition) is 5. The van der Waals surface area contributed by atoms with Crippen molar-refractivity contribution in [2.24, 2.45) is 0 Å².